The van der Waals surface area contributed by atoms with Crippen molar-refractivity contribution in [1.29, 1.82) is 0 Å². The number of benzene rings is 1. The summed E-state index contributed by atoms with van der Waals surface area (Å²) in [6, 6.07) is 2.02. The molecule has 21 heavy (non-hydrogen) atoms. The Morgan fingerprint density at radius 3 is 2.71 bits per heavy atom. The Labute approximate surface area is 122 Å². The third kappa shape index (κ3) is 2.41. The van der Waals surface area contributed by atoms with Gasteiger partial charge in [0.25, 0.3) is 0 Å². The molecule has 2 heterocycles. The van der Waals surface area contributed by atoms with Gasteiger partial charge in [0.1, 0.15) is 16.4 Å². The van der Waals surface area contributed by atoms with Gasteiger partial charge in [-0.1, -0.05) is 0 Å². The number of rotatable bonds is 2. The Morgan fingerprint density at radius 1 is 1.19 bits per heavy atom. The zero-order valence-corrected chi connectivity index (χ0v) is 12.2. The summed E-state index contributed by atoms with van der Waals surface area (Å²) < 4.78 is 53.6. The van der Waals surface area contributed by atoms with Crippen LogP contribution in [0.2, 0.25) is 0 Å². The Kier molecular flexibility index (Phi) is 3.62. The fourth-order valence-electron chi connectivity index (χ4n) is 3.07. The lowest BCUT2D eigenvalue weighted by atomic mass is 10.2. The molecule has 5 nitrogen and oxygen atoms in total. The average Bonchev–Trinajstić information content (AvgIpc) is 2.92. The van der Waals surface area contributed by atoms with Crippen molar-refractivity contribution < 1.29 is 17.2 Å². The van der Waals surface area contributed by atoms with Crippen molar-refractivity contribution in [2.75, 3.05) is 31.9 Å². The molecule has 2 fully saturated rings. The van der Waals surface area contributed by atoms with Crippen LogP contribution in [0.4, 0.5) is 14.5 Å². The van der Waals surface area contributed by atoms with E-state index in [9.17, 15) is 17.2 Å². The van der Waals surface area contributed by atoms with Gasteiger partial charge in [0, 0.05) is 25.7 Å². The number of nitrogens with two attached hydrogens (primary N) is 1. The second-order valence-corrected chi connectivity index (χ2v) is 7.37. The number of piperazine rings is 1. The molecule has 2 aliphatic heterocycles. The standard InChI is InChI=1S/C13H17F2N3O2S/c14-10-3-4-11(12(15)13(10)16)21(19,20)18-7-6-17-5-1-2-9(17)8-18/h3-4,9H,1-2,5-8,16H2. The minimum Gasteiger partial charge on any atom is -0.394 e. The maximum absolute atomic E-state index is 14.0. The van der Waals surface area contributed by atoms with E-state index in [1.165, 1.54) is 4.31 Å². The summed E-state index contributed by atoms with van der Waals surface area (Å²) in [6.45, 7) is 2.28. The molecule has 2 saturated heterocycles. The molecule has 0 amide bonds. The zero-order valence-electron chi connectivity index (χ0n) is 11.4. The third-order valence-electron chi connectivity index (χ3n) is 4.26. The summed E-state index contributed by atoms with van der Waals surface area (Å²) in [5.74, 6) is -2.16. The van der Waals surface area contributed by atoms with Crippen LogP contribution in [-0.2, 0) is 10.0 Å². The predicted octanol–water partition coefficient (Wildman–Crippen LogP) is 1.02. The molecule has 0 aromatic heterocycles. The molecule has 116 valence electrons. The highest BCUT2D eigenvalue weighted by molar-refractivity contribution is 7.89. The molecule has 0 bridgehead atoms. The molecular formula is C13H17F2N3O2S. The molecule has 1 aromatic rings. The lowest BCUT2D eigenvalue weighted by Gasteiger charge is -2.36. The number of hydrogen-bond donors (Lipinski definition) is 1. The number of halogens is 2. The van der Waals surface area contributed by atoms with Crippen LogP contribution in [0, 0.1) is 11.6 Å². The number of nitrogens with zero attached hydrogens (tertiary/aromatic N) is 2. The van der Waals surface area contributed by atoms with Crippen LogP contribution >= 0.6 is 0 Å². The minimum absolute atomic E-state index is 0.189. The van der Waals surface area contributed by atoms with Gasteiger partial charge in [-0.05, 0) is 31.5 Å². The average molecular weight is 317 g/mol. The van der Waals surface area contributed by atoms with Crippen molar-refractivity contribution in [3.8, 4) is 0 Å². The number of fused-ring (bicyclic) bond motifs is 1. The number of hydrogen-bond acceptors (Lipinski definition) is 4. The van der Waals surface area contributed by atoms with E-state index in [1.807, 2.05) is 0 Å². The van der Waals surface area contributed by atoms with Crippen LogP contribution < -0.4 is 5.73 Å². The zero-order chi connectivity index (χ0) is 15.2. The summed E-state index contributed by atoms with van der Waals surface area (Å²) in [7, 11) is -3.99. The Morgan fingerprint density at radius 2 is 1.95 bits per heavy atom. The van der Waals surface area contributed by atoms with E-state index in [1.54, 1.807) is 0 Å². The SMILES string of the molecule is Nc1c(F)ccc(S(=O)(=O)N2CCN3CCCC3C2)c1F. The first kappa shape index (κ1) is 14.7. The van der Waals surface area contributed by atoms with Crippen LogP contribution in [0.25, 0.3) is 0 Å². The molecule has 0 saturated carbocycles. The van der Waals surface area contributed by atoms with Crippen LogP contribution in [0.1, 0.15) is 12.8 Å². The van der Waals surface area contributed by atoms with Gasteiger partial charge in [0.05, 0.1) is 0 Å². The molecule has 1 unspecified atom stereocenters. The number of nitrogen functional groups attached to an aromatic ring is 1. The van der Waals surface area contributed by atoms with Gasteiger partial charge in [0.2, 0.25) is 10.0 Å². The Balaban J connectivity index is 1.92. The second-order valence-electron chi connectivity index (χ2n) is 5.47. The topological polar surface area (TPSA) is 66.6 Å². The van der Waals surface area contributed by atoms with E-state index in [0.717, 1.165) is 31.5 Å². The van der Waals surface area contributed by atoms with Crippen LogP contribution in [-0.4, -0.2) is 49.8 Å². The number of anilines is 1. The fraction of sp³-hybridized carbons (Fsp3) is 0.538. The molecular weight excluding hydrogens is 300 g/mol. The van der Waals surface area contributed by atoms with E-state index >= 15 is 0 Å². The summed E-state index contributed by atoms with van der Waals surface area (Å²) in [5.41, 5.74) is 4.50. The van der Waals surface area contributed by atoms with Crippen molar-refractivity contribution in [3.63, 3.8) is 0 Å². The molecule has 0 aliphatic carbocycles. The highest BCUT2D eigenvalue weighted by Crippen LogP contribution is 2.29. The monoisotopic (exact) mass is 317 g/mol. The number of sulfonamides is 1. The van der Waals surface area contributed by atoms with Gasteiger partial charge in [-0.25, -0.2) is 17.2 Å². The molecule has 2 aliphatic rings. The smallest absolute Gasteiger partial charge is 0.246 e. The van der Waals surface area contributed by atoms with Crippen molar-refractivity contribution in [1.82, 2.24) is 9.21 Å². The Bertz CT molecular complexity index is 666. The fourth-order valence-corrected chi connectivity index (χ4v) is 4.61. The molecule has 0 spiro atoms. The maximum atomic E-state index is 14.0. The van der Waals surface area contributed by atoms with Gasteiger partial charge < -0.3 is 5.73 Å². The van der Waals surface area contributed by atoms with Gasteiger partial charge >= 0.3 is 0 Å². The van der Waals surface area contributed by atoms with Gasteiger partial charge in [-0.2, -0.15) is 4.31 Å². The van der Waals surface area contributed by atoms with Gasteiger partial charge in [0.15, 0.2) is 5.82 Å². The van der Waals surface area contributed by atoms with Gasteiger partial charge in [-0.15, -0.1) is 0 Å². The molecule has 8 heteroatoms. The lowest BCUT2D eigenvalue weighted by Crippen LogP contribution is -2.52. The lowest BCUT2D eigenvalue weighted by molar-refractivity contribution is 0.158. The van der Waals surface area contributed by atoms with Crippen LogP contribution in [0.5, 0.6) is 0 Å². The maximum Gasteiger partial charge on any atom is 0.246 e. The van der Waals surface area contributed by atoms with Crippen LogP contribution in [0.3, 0.4) is 0 Å². The summed E-state index contributed by atoms with van der Waals surface area (Å²) in [5, 5.41) is 0. The first-order valence-electron chi connectivity index (χ1n) is 6.89. The highest BCUT2D eigenvalue weighted by atomic mass is 32.2. The Hall–Kier alpha value is -1.25. The summed E-state index contributed by atoms with van der Waals surface area (Å²) >= 11 is 0. The van der Waals surface area contributed by atoms with E-state index in [4.69, 9.17) is 5.73 Å². The largest absolute Gasteiger partial charge is 0.394 e. The normalized spacial score (nSPS) is 24.2. The first-order valence-corrected chi connectivity index (χ1v) is 8.33. The summed E-state index contributed by atoms with van der Waals surface area (Å²) in [6.07, 6.45) is 2.00. The minimum atomic E-state index is -3.99. The van der Waals surface area contributed by atoms with Gasteiger partial charge in [-0.3, -0.25) is 4.90 Å². The summed E-state index contributed by atoms with van der Waals surface area (Å²) in [4.78, 5) is 1.70. The van der Waals surface area contributed by atoms with E-state index in [-0.39, 0.29) is 6.04 Å². The molecule has 0 radical (unpaired) electrons. The van der Waals surface area contributed by atoms with Crippen LogP contribution in [0.15, 0.2) is 17.0 Å². The second kappa shape index (κ2) is 5.19. The quantitative estimate of drug-likeness (QED) is 0.827. The molecule has 1 atom stereocenters. The van der Waals surface area contributed by atoms with Crippen molar-refractivity contribution in [2.24, 2.45) is 0 Å². The first-order chi connectivity index (χ1) is 9.91. The van der Waals surface area contributed by atoms with E-state index in [0.29, 0.717) is 19.6 Å². The predicted molar refractivity (Wildman–Crippen MR) is 74.1 cm³/mol. The molecule has 3 rings (SSSR count). The highest BCUT2D eigenvalue weighted by Gasteiger charge is 2.37. The third-order valence-corrected chi connectivity index (χ3v) is 6.14. The van der Waals surface area contributed by atoms with Crippen molar-refractivity contribution in [3.05, 3.63) is 23.8 Å². The van der Waals surface area contributed by atoms with E-state index in [2.05, 4.69) is 4.90 Å². The molecule has 2 N–H and O–H groups in total. The molecule has 1 aromatic carbocycles. The van der Waals surface area contributed by atoms with Crippen molar-refractivity contribution in [2.45, 2.75) is 23.8 Å². The van der Waals surface area contributed by atoms with Crippen molar-refractivity contribution >= 4 is 15.7 Å². The van der Waals surface area contributed by atoms with E-state index < -0.39 is 32.2 Å².